The van der Waals surface area contributed by atoms with E-state index >= 15 is 0 Å². The maximum absolute atomic E-state index is 10.9. The SMILES string of the molecule is CC(=N)CC(=O)OCCSCCO. The Bertz CT molecular complexity index is 173. The van der Waals surface area contributed by atoms with Crippen LogP contribution < -0.4 is 0 Å². The maximum atomic E-state index is 10.9. The summed E-state index contributed by atoms with van der Waals surface area (Å²) in [5.41, 5.74) is 0.313. The van der Waals surface area contributed by atoms with Gasteiger partial charge in [0.05, 0.1) is 13.0 Å². The van der Waals surface area contributed by atoms with Crippen molar-refractivity contribution in [2.75, 3.05) is 24.7 Å². The van der Waals surface area contributed by atoms with E-state index in [0.29, 0.717) is 23.8 Å². The van der Waals surface area contributed by atoms with Crippen LogP contribution in [0.1, 0.15) is 13.3 Å². The van der Waals surface area contributed by atoms with Crippen LogP contribution in [0.3, 0.4) is 0 Å². The third-order valence-corrected chi connectivity index (χ3v) is 2.06. The topological polar surface area (TPSA) is 70.4 Å². The van der Waals surface area contributed by atoms with Gasteiger partial charge in [0, 0.05) is 17.2 Å². The van der Waals surface area contributed by atoms with Crippen molar-refractivity contribution in [1.82, 2.24) is 0 Å². The molecule has 5 heteroatoms. The molecule has 0 bridgehead atoms. The number of nitrogens with one attached hydrogen (secondary N) is 1. The van der Waals surface area contributed by atoms with Crippen molar-refractivity contribution in [2.45, 2.75) is 13.3 Å². The minimum atomic E-state index is -0.350. The van der Waals surface area contributed by atoms with Gasteiger partial charge in [0.15, 0.2) is 0 Å². The van der Waals surface area contributed by atoms with E-state index in [1.165, 1.54) is 11.8 Å². The van der Waals surface area contributed by atoms with Gasteiger partial charge in [-0.1, -0.05) is 0 Å². The van der Waals surface area contributed by atoms with Gasteiger partial charge in [-0.3, -0.25) is 4.79 Å². The van der Waals surface area contributed by atoms with Crippen molar-refractivity contribution in [3.8, 4) is 0 Å². The molecule has 0 spiro atoms. The number of aliphatic hydroxyl groups excluding tert-OH is 1. The number of aliphatic hydroxyl groups is 1. The summed E-state index contributed by atoms with van der Waals surface area (Å²) < 4.78 is 4.82. The molecule has 0 amide bonds. The quantitative estimate of drug-likeness (QED) is 0.364. The van der Waals surface area contributed by atoms with Crippen molar-refractivity contribution in [3.05, 3.63) is 0 Å². The van der Waals surface area contributed by atoms with E-state index in [9.17, 15) is 4.79 Å². The molecule has 0 radical (unpaired) electrons. The minimum absolute atomic E-state index is 0.0741. The minimum Gasteiger partial charge on any atom is -0.465 e. The molecule has 0 aliphatic heterocycles. The third kappa shape index (κ3) is 9.36. The molecule has 0 rings (SSSR count). The Balaban J connectivity index is 3.22. The summed E-state index contributed by atoms with van der Waals surface area (Å²) in [7, 11) is 0. The number of hydrogen-bond acceptors (Lipinski definition) is 5. The maximum Gasteiger partial charge on any atom is 0.311 e. The van der Waals surface area contributed by atoms with Gasteiger partial charge in [-0.2, -0.15) is 11.8 Å². The van der Waals surface area contributed by atoms with Gasteiger partial charge < -0.3 is 15.3 Å². The third-order valence-electron chi connectivity index (χ3n) is 1.14. The summed E-state index contributed by atoms with van der Waals surface area (Å²) in [5, 5.41) is 15.5. The Hall–Kier alpha value is -0.550. The van der Waals surface area contributed by atoms with E-state index in [1.54, 1.807) is 6.92 Å². The van der Waals surface area contributed by atoms with Gasteiger partial charge in [-0.25, -0.2) is 0 Å². The van der Waals surface area contributed by atoms with E-state index in [4.69, 9.17) is 15.3 Å². The average molecular weight is 205 g/mol. The second-order valence-corrected chi connectivity index (χ2v) is 3.74. The zero-order chi connectivity index (χ0) is 10.1. The number of ether oxygens (including phenoxy) is 1. The Morgan fingerprint density at radius 2 is 2.23 bits per heavy atom. The van der Waals surface area contributed by atoms with Crippen LogP contribution in [0, 0.1) is 5.41 Å². The monoisotopic (exact) mass is 205 g/mol. The van der Waals surface area contributed by atoms with Crippen LogP contribution in [0.4, 0.5) is 0 Å². The molecule has 2 N–H and O–H groups in total. The second kappa shape index (κ2) is 8.07. The van der Waals surface area contributed by atoms with E-state index in [0.717, 1.165) is 0 Å². The van der Waals surface area contributed by atoms with Crippen molar-refractivity contribution in [2.24, 2.45) is 0 Å². The molecule has 0 fully saturated rings. The van der Waals surface area contributed by atoms with Crippen molar-refractivity contribution in [1.29, 1.82) is 5.41 Å². The summed E-state index contributed by atoms with van der Waals surface area (Å²) in [5.74, 6) is 1.02. The lowest BCUT2D eigenvalue weighted by atomic mass is 10.3. The normalized spacial score (nSPS) is 9.69. The zero-order valence-corrected chi connectivity index (χ0v) is 8.52. The number of thioether (sulfide) groups is 1. The van der Waals surface area contributed by atoms with Gasteiger partial charge in [0.1, 0.15) is 6.61 Å². The summed E-state index contributed by atoms with van der Waals surface area (Å²) in [4.78, 5) is 10.9. The highest BCUT2D eigenvalue weighted by molar-refractivity contribution is 7.99. The Morgan fingerprint density at radius 3 is 2.77 bits per heavy atom. The van der Waals surface area contributed by atoms with Crippen molar-refractivity contribution < 1.29 is 14.6 Å². The molecule has 76 valence electrons. The molecular formula is C8H15NO3S. The summed E-state index contributed by atoms with van der Waals surface area (Å²) in [6.07, 6.45) is 0.0741. The van der Waals surface area contributed by atoms with Crippen LogP contribution >= 0.6 is 11.8 Å². The molecule has 0 heterocycles. The molecule has 0 aromatic carbocycles. The molecule has 0 aliphatic rings. The molecule has 4 nitrogen and oxygen atoms in total. The Labute approximate surface area is 82.2 Å². The molecule has 0 saturated carbocycles. The Kier molecular flexibility index (Phi) is 7.73. The molecule has 0 aliphatic carbocycles. The van der Waals surface area contributed by atoms with Crippen molar-refractivity contribution >= 4 is 23.4 Å². The predicted octanol–water partition coefficient (Wildman–Crippen LogP) is 0.685. The van der Waals surface area contributed by atoms with Gasteiger partial charge in [-0.05, 0) is 6.92 Å². The zero-order valence-electron chi connectivity index (χ0n) is 7.71. The van der Waals surface area contributed by atoms with Crippen LogP contribution in [-0.4, -0.2) is 41.5 Å². The Morgan fingerprint density at radius 1 is 1.54 bits per heavy atom. The van der Waals surface area contributed by atoms with E-state index in [2.05, 4.69) is 0 Å². The van der Waals surface area contributed by atoms with Gasteiger partial charge in [-0.15, -0.1) is 0 Å². The van der Waals surface area contributed by atoms with E-state index < -0.39 is 0 Å². The lowest BCUT2D eigenvalue weighted by Crippen LogP contribution is -2.10. The summed E-state index contributed by atoms with van der Waals surface area (Å²) in [6.45, 7) is 2.08. The van der Waals surface area contributed by atoms with Gasteiger partial charge >= 0.3 is 5.97 Å². The number of hydrogen-bond donors (Lipinski definition) is 2. The predicted molar refractivity (Wildman–Crippen MR) is 53.4 cm³/mol. The molecule has 13 heavy (non-hydrogen) atoms. The lowest BCUT2D eigenvalue weighted by Gasteiger charge is -2.02. The smallest absolute Gasteiger partial charge is 0.311 e. The van der Waals surface area contributed by atoms with E-state index in [1.807, 2.05) is 0 Å². The number of carbonyl (C=O) groups is 1. The molecule has 0 aromatic rings. The largest absolute Gasteiger partial charge is 0.465 e. The summed E-state index contributed by atoms with van der Waals surface area (Å²) in [6, 6.07) is 0. The number of esters is 1. The van der Waals surface area contributed by atoms with Crippen LogP contribution in [0.5, 0.6) is 0 Å². The van der Waals surface area contributed by atoms with Crippen LogP contribution in [-0.2, 0) is 9.53 Å². The standard InChI is InChI=1S/C8H15NO3S/c1-7(9)6-8(11)12-3-5-13-4-2-10/h9-10H,2-6H2,1H3. The highest BCUT2D eigenvalue weighted by Gasteiger charge is 2.02. The summed E-state index contributed by atoms with van der Waals surface area (Å²) >= 11 is 1.53. The average Bonchev–Trinajstić information content (AvgIpc) is 2.02. The fraction of sp³-hybridized carbons (Fsp3) is 0.750. The molecule has 0 aromatic heterocycles. The fourth-order valence-corrected chi connectivity index (χ4v) is 1.18. The van der Waals surface area contributed by atoms with E-state index in [-0.39, 0.29) is 19.0 Å². The molecular weight excluding hydrogens is 190 g/mol. The number of rotatable bonds is 7. The molecule has 0 saturated heterocycles. The van der Waals surface area contributed by atoms with Crippen LogP contribution in [0.15, 0.2) is 0 Å². The van der Waals surface area contributed by atoms with Gasteiger partial charge in [0.2, 0.25) is 0 Å². The van der Waals surface area contributed by atoms with Gasteiger partial charge in [0.25, 0.3) is 0 Å². The highest BCUT2D eigenvalue weighted by atomic mass is 32.2. The second-order valence-electron chi connectivity index (χ2n) is 2.51. The first-order chi connectivity index (χ1) is 6.16. The first-order valence-electron chi connectivity index (χ1n) is 4.05. The lowest BCUT2D eigenvalue weighted by molar-refractivity contribution is -0.141. The van der Waals surface area contributed by atoms with Crippen LogP contribution in [0.25, 0.3) is 0 Å². The first kappa shape index (κ1) is 12.4. The van der Waals surface area contributed by atoms with Crippen molar-refractivity contribution in [3.63, 3.8) is 0 Å². The highest BCUT2D eigenvalue weighted by Crippen LogP contribution is 1.98. The van der Waals surface area contributed by atoms with Crippen LogP contribution in [0.2, 0.25) is 0 Å². The molecule has 0 unspecified atom stereocenters. The number of carbonyl (C=O) groups excluding carboxylic acids is 1. The fourth-order valence-electron chi connectivity index (χ4n) is 0.649. The first-order valence-corrected chi connectivity index (χ1v) is 5.20. The molecule has 0 atom stereocenters.